The Bertz CT molecular complexity index is 644. The smallest absolute Gasteiger partial charge is 0.240 e. The lowest BCUT2D eigenvalue weighted by Gasteiger charge is -2.24. The summed E-state index contributed by atoms with van der Waals surface area (Å²) in [5.41, 5.74) is 1.50. The van der Waals surface area contributed by atoms with E-state index in [4.69, 9.17) is 0 Å². The van der Waals surface area contributed by atoms with Crippen LogP contribution in [0.2, 0.25) is 0 Å². The molecule has 142 valence electrons. The lowest BCUT2D eigenvalue weighted by molar-refractivity contribution is -0.119. The Balaban J connectivity index is 2.81. The number of amides is 1. The van der Waals surface area contributed by atoms with Crippen molar-refractivity contribution in [2.24, 2.45) is 5.92 Å². The summed E-state index contributed by atoms with van der Waals surface area (Å²) in [5, 5.41) is 2.91. The highest BCUT2D eigenvalue weighted by Crippen LogP contribution is 2.23. The Hall–Kier alpha value is -1.56. The minimum Gasteiger partial charge on any atom is -0.354 e. The first kappa shape index (κ1) is 21.5. The van der Waals surface area contributed by atoms with Crippen LogP contribution in [0.4, 0.5) is 5.69 Å². The van der Waals surface area contributed by atoms with Crippen molar-refractivity contribution in [3.63, 3.8) is 0 Å². The molecule has 1 amide bonds. The maximum atomic E-state index is 12.4. The molecule has 1 rings (SSSR count). The van der Waals surface area contributed by atoms with Crippen LogP contribution >= 0.6 is 0 Å². The maximum absolute atomic E-state index is 12.4. The van der Waals surface area contributed by atoms with Gasteiger partial charge in [0.05, 0.1) is 11.9 Å². The van der Waals surface area contributed by atoms with Gasteiger partial charge in [0.1, 0.15) is 6.54 Å². The molecule has 1 N–H and O–H groups in total. The van der Waals surface area contributed by atoms with E-state index in [1.54, 1.807) is 12.1 Å². The second kappa shape index (κ2) is 10.4. The van der Waals surface area contributed by atoms with Crippen LogP contribution in [-0.4, -0.2) is 33.7 Å². The molecule has 0 fully saturated rings. The van der Waals surface area contributed by atoms with Gasteiger partial charge < -0.3 is 5.32 Å². The molecular formula is C19H32N2O3S. The van der Waals surface area contributed by atoms with E-state index < -0.39 is 10.0 Å². The first-order valence-corrected chi connectivity index (χ1v) is 11.0. The van der Waals surface area contributed by atoms with E-state index in [9.17, 15) is 13.2 Å². The predicted octanol–water partition coefficient (Wildman–Crippen LogP) is 3.35. The minimum absolute atomic E-state index is 0.180. The Morgan fingerprint density at radius 2 is 1.88 bits per heavy atom. The number of benzene rings is 1. The van der Waals surface area contributed by atoms with Crippen molar-refractivity contribution in [3.05, 3.63) is 29.8 Å². The van der Waals surface area contributed by atoms with Crippen LogP contribution in [0.1, 0.15) is 52.0 Å². The number of hydrogen-bond acceptors (Lipinski definition) is 3. The molecule has 0 spiro atoms. The molecule has 0 unspecified atom stereocenters. The minimum atomic E-state index is -3.53. The summed E-state index contributed by atoms with van der Waals surface area (Å²) < 4.78 is 25.6. The summed E-state index contributed by atoms with van der Waals surface area (Å²) in [6.07, 6.45) is 6.23. The third-order valence-corrected chi connectivity index (χ3v) is 5.59. The molecule has 0 aliphatic carbocycles. The first-order chi connectivity index (χ1) is 11.8. The number of nitrogens with zero attached hydrogens (tertiary/aromatic N) is 1. The second-order valence-electron chi connectivity index (χ2n) is 6.47. The van der Waals surface area contributed by atoms with Gasteiger partial charge in [0.25, 0.3) is 0 Å². The quantitative estimate of drug-likeness (QED) is 0.651. The Kier molecular flexibility index (Phi) is 8.97. The number of hydrogen-bond donors (Lipinski definition) is 1. The third kappa shape index (κ3) is 7.06. The molecule has 1 aromatic carbocycles. The van der Waals surface area contributed by atoms with Crippen molar-refractivity contribution in [1.29, 1.82) is 0 Å². The molecule has 6 heteroatoms. The van der Waals surface area contributed by atoms with Crippen LogP contribution in [0.5, 0.6) is 0 Å². The van der Waals surface area contributed by atoms with Crippen molar-refractivity contribution < 1.29 is 13.2 Å². The molecule has 5 nitrogen and oxygen atoms in total. The number of unbranched alkanes of at least 4 members (excludes halogenated alkanes) is 1. The molecule has 0 bridgehead atoms. The van der Waals surface area contributed by atoms with E-state index in [0.29, 0.717) is 24.6 Å². The lowest BCUT2D eigenvalue weighted by atomic mass is 9.99. The average molecular weight is 369 g/mol. The molecule has 1 atom stereocenters. The number of aryl methyl sites for hydroxylation is 1. The standard InChI is InChI=1S/C19H32N2O3S/c1-5-8-11-16(6-2)14-20-19(22)15-21(25(4,23)24)18-13-10-9-12-17(18)7-3/h9-10,12-13,16H,5-8,11,14-15H2,1-4H3,(H,20,22)/t16-/m1/s1. The van der Waals surface area contributed by atoms with Gasteiger partial charge in [-0.2, -0.15) is 0 Å². The van der Waals surface area contributed by atoms with Gasteiger partial charge in [-0.05, 0) is 30.4 Å². The highest BCUT2D eigenvalue weighted by Gasteiger charge is 2.22. The number of carbonyl (C=O) groups is 1. The largest absolute Gasteiger partial charge is 0.354 e. The zero-order valence-corrected chi connectivity index (χ0v) is 16.7. The van der Waals surface area contributed by atoms with Crippen LogP contribution < -0.4 is 9.62 Å². The fourth-order valence-electron chi connectivity index (χ4n) is 2.82. The first-order valence-electron chi connectivity index (χ1n) is 9.15. The normalized spacial score (nSPS) is 12.6. The molecule has 0 radical (unpaired) electrons. The van der Waals surface area contributed by atoms with E-state index in [2.05, 4.69) is 19.2 Å². The zero-order valence-electron chi connectivity index (χ0n) is 15.9. The zero-order chi connectivity index (χ0) is 18.9. The van der Waals surface area contributed by atoms with E-state index in [0.717, 1.165) is 37.5 Å². The Morgan fingerprint density at radius 3 is 2.44 bits per heavy atom. The van der Waals surface area contributed by atoms with Crippen molar-refractivity contribution in [2.45, 2.75) is 52.9 Å². The van der Waals surface area contributed by atoms with Gasteiger partial charge in [0.2, 0.25) is 15.9 Å². The summed E-state index contributed by atoms with van der Waals surface area (Å²) in [6, 6.07) is 7.32. The van der Waals surface area contributed by atoms with Crippen LogP contribution in [0.3, 0.4) is 0 Å². The molecule has 0 saturated carbocycles. The fourth-order valence-corrected chi connectivity index (χ4v) is 3.71. The number of rotatable bonds is 11. The molecular weight excluding hydrogens is 336 g/mol. The Morgan fingerprint density at radius 1 is 1.20 bits per heavy atom. The number of nitrogens with one attached hydrogen (secondary N) is 1. The van der Waals surface area contributed by atoms with Crippen molar-refractivity contribution >= 4 is 21.6 Å². The summed E-state index contributed by atoms with van der Waals surface area (Å²) in [4.78, 5) is 12.4. The van der Waals surface area contributed by atoms with Gasteiger partial charge in [-0.1, -0.05) is 58.2 Å². The predicted molar refractivity (Wildman–Crippen MR) is 104 cm³/mol. The van der Waals surface area contributed by atoms with Crippen LogP contribution in [0, 0.1) is 5.92 Å². The maximum Gasteiger partial charge on any atom is 0.240 e. The summed E-state index contributed by atoms with van der Waals surface area (Å²) >= 11 is 0. The van der Waals surface area contributed by atoms with E-state index in [1.807, 2.05) is 19.1 Å². The van der Waals surface area contributed by atoms with E-state index in [1.165, 1.54) is 4.31 Å². The van der Waals surface area contributed by atoms with Gasteiger partial charge in [-0.25, -0.2) is 8.42 Å². The van der Waals surface area contributed by atoms with Crippen LogP contribution in [-0.2, 0) is 21.2 Å². The molecule has 25 heavy (non-hydrogen) atoms. The van der Waals surface area contributed by atoms with Gasteiger partial charge in [-0.15, -0.1) is 0 Å². The number of anilines is 1. The topological polar surface area (TPSA) is 66.5 Å². The second-order valence-corrected chi connectivity index (χ2v) is 8.38. The average Bonchev–Trinajstić information content (AvgIpc) is 2.59. The molecule has 1 aromatic rings. The summed E-state index contributed by atoms with van der Waals surface area (Å²) in [5.74, 6) is 0.185. The summed E-state index contributed by atoms with van der Waals surface area (Å²) in [6.45, 7) is 6.66. The molecule has 0 heterocycles. The van der Waals surface area contributed by atoms with Crippen molar-refractivity contribution in [2.75, 3.05) is 23.7 Å². The van der Waals surface area contributed by atoms with Crippen molar-refractivity contribution in [3.8, 4) is 0 Å². The van der Waals surface area contributed by atoms with Gasteiger partial charge in [0, 0.05) is 6.54 Å². The van der Waals surface area contributed by atoms with E-state index in [-0.39, 0.29) is 12.5 Å². The summed E-state index contributed by atoms with van der Waals surface area (Å²) in [7, 11) is -3.53. The van der Waals surface area contributed by atoms with Crippen LogP contribution in [0.15, 0.2) is 24.3 Å². The highest BCUT2D eigenvalue weighted by atomic mass is 32.2. The SMILES string of the molecule is CCCC[C@@H](CC)CNC(=O)CN(c1ccccc1CC)S(C)(=O)=O. The Labute approximate surface area is 152 Å². The van der Waals surface area contributed by atoms with Gasteiger partial charge in [-0.3, -0.25) is 9.10 Å². The van der Waals surface area contributed by atoms with Gasteiger partial charge >= 0.3 is 0 Å². The highest BCUT2D eigenvalue weighted by molar-refractivity contribution is 7.92. The molecule has 0 aromatic heterocycles. The number of para-hydroxylation sites is 1. The van der Waals surface area contributed by atoms with Gasteiger partial charge in [0.15, 0.2) is 0 Å². The van der Waals surface area contributed by atoms with E-state index >= 15 is 0 Å². The van der Waals surface area contributed by atoms with Crippen LogP contribution in [0.25, 0.3) is 0 Å². The third-order valence-electron chi connectivity index (χ3n) is 4.46. The number of sulfonamides is 1. The molecule has 0 saturated heterocycles. The van der Waals surface area contributed by atoms with Crippen molar-refractivity contribution in [1.82, 2.24) is 5.32 Å². The molecule has 0 aliphatic rings. The number of carbonyl (C=O) groups excluding carboxylic acids is 1. The monoisotopic (exact) mass is 368 g/mol. The lowest BCUT2D eigenvalue weighted by Crippen LogP contribution is -2.42. The fraction of sp³-hybridized carbons (Fsp3) is 0.632. The molecule has 0 aliphatic heterocycles.